The second-order valence-electron chi connectivity index (χ2n) is 8.52. The third kappa shape index (κ3) is 5.17. The maximum atomic E-state index is 13.0. The number of sulfone groups is 1. The Morgan fingerprint density at radius 2 is 1.87 bits per heavy atom. The highest BCUT2D eigenvalue weighted by atomic mass is 32.2. The number of carbonyl (C=O) groups is 1. The molecule has 1 aromatic heterocycles. The highest BCUT2D eigenvalue weighted by molar-refractivity contribution is 7.92. The van der Waals surface area contributed by atoms with Crippen LogP contribution in [-0.4, -0.2) is 42.1 Å². The number of aliphatic hydroxyl groups is 1. The monoisotopic (exact) mass is 432 g/mol. The molecule has 7 nitrogen and oxygen atoms in total. The van der Waals surface area contributed by atoms with Crippen LogP contribution in [-0.2, 0) is 14.6 Å². The number of hydrogen-bond donors (Lipinski definition) is 2. The highest BCUT2D eigenvalue weighted by Gasteiger charge is 2.37. The minimum Gasteiger partial charge on any atom is -0.444 e. The molecule has 1 heterocycles. The zero-order chi connectivity index (χ0) is 21.9. The molecule has 1 amide bonds. The summed E-state index contributed by atoms with van der Waals surface area (Å²) in [7, 11) is -3.49. The fourth-order valence-electron chi connectivity index (χ4n) is 3.68. The van der Waals surface area contributed by atoms with Crippen LogP contribution in [0.15, 0.2) is 47.4 Å². The van der Waals surface area contributed by atoms with Crippen LogP contribution in [0.5, 0.6) is 0 Å². The fourth-order valence-corrected chi connectivity index (χ4v) is 5.75. The summed E-state index contributed by atoms with van der Waals surface area (Å²) < 4.78 is 31.1. The smallest absolute Gasteiger partial charge is 0.413 e. The SMILES string of the molecule is CC(C)(C)OC(=O)Nc1cccc(-c2ccc(S(=O)(=O)C3CCC[C@@H]3CO)cc2)n1. The Morgan fingerprint density at radius 3 is 2.50 bits per heavy atom. The van der Waals surface area contributed by atoms with E-state index in [-0.39, 0.29) is 17.4 Å². The molecule has 1 aromatic carbocycles. The number of hydrogen-bond acceptors (Lipinski definition) is 6. The number of aliphatic hydroxyl groups excluding tert-OH is 1. The Bertz CT molecular complexity index is 997. The molecule has 2 aromatic rings. The molecule has 2 atom stereocenters. The lowest BCUT2D eigenvalue weighted by Gasteiger charge is -2.19. The molecule has 1 aliphatic carbocycles. The summed E-state index contributed by atoms with van der Waals surface area (Å²) in [6.07, 6.45) is 1.53. The molecule has 3 rings (SSSR count). The van der Waals surface area contributed by atoms with E-state index in [9.17, 15) is 18.3 Å². The Hall–Kier alpha value is -2.45. The van der Waals surface area contributed by atoms with E-state index in [1.807, 2.05) is 0 Å². The molecule has 2 N–H and O–H groups in total. The van der Waals surface area contributed by atoms with Gasteiger partial charge in [-0.3, -0.25) is 5.32 Å². The van der Waals surface area contributed by atoms with Gasteiger partial charge in [0.15, 0.2) is 9.84 Å². The van der Waals surface area contributed by atoms with E-state index >= 15 is 0 Å². The van der Waals surface area contributed by atoms with Crippen LogP contribution < -0.4 is 5.32 Å². The summed E-state index contributed by atoms with van der Waals surface area (Å²) in [5.41, 5.74) is 0.714. The van der Waals surface area contributed by atoms with Gasteiger partial charge < -0.3 is 9.84 Å². The molecule has 1 saturated carbocycles. The summed E-state index contributed by atoms with van der Waals surface area (Å²) in [5, 5.41) is 11.5. The lowest BCUT2D eigenvalue weighted by atomic mass is 10.1. The predicted octanol–water partition coefficient (Wildman–Crippen LogP) is 4.03. The average molecular weight is 433 g/mol. The van der Waals surface area contributed by atoms with E-state index in [2.05, 4.69) is 10.3 Å². The number of ether oxygens (including phenoxy) is 1. The quantitative estimate of drug-likeness (QED) is 0.739. The van der Waals surface area contributed by atoms with E-state index in [4.69, 9.17) is 4.74 Å². The van der Waals surface area contributed by atoms with Gasteiger partial charge in [0, 0.05) is 12.2 Å². The summed E-state index contributed by atoms with van der Waals surface area (Å²) in [6, 6.07) is 11.7. The Kier molecular flexibility index (Phi) is 6.47. The van der Waals surface area contributed by atoms with Gasteiger partial charge in [0.1, 0.15) is 11.4 Å². The Balaban J connectivity index is 1.77. The molecule has 162 valence electrons. The van der Waals surface area contributed by atoms with Crippen molar-refractivity contribution in [1.29, 1.82) is 0 Å². The maximum Gasteiger partial charge on any atom is 0.413 e. The van der Waals surface area contributed by atoms with E-state index < -0.39 is 26.8 Å². The van der Waals surface area contributed by atoms with Gasteiger partial charge in [-0.2, -0.15) is 0 Å². The van der Waals surface area contributed by atoms with Crippen LogP contribution in [0, 0.1) is 5.92 Å². The van der Waals surface area contributed by atoms with Crippen molar-refractivity contribution in [3.8, 4) is 11.3 Å². The number of anilines is 1. The first-order valence-corrected chi connectivity index (χ1v) is 11.6. The summed E-state index contributed by atoms with van der Waals surface area (Å²) in [6.45, 7) is 5.23. The van der Waals surface area contributed by atoms with Crippen LogP contribution in [0.2, 0.25) is 0 Å². The third-order valence-electron chi connectivity index (χ3n) is 5.08. The van der Waals surface area contributed by atoms with E-state index in [0.717, 1.165) is 18.4 Å². The van der Waals surface area contributed by atoms with Gasteiger partial charge in [-0.05, 0) is 63.8 Å². The van der Waals surface area contributed by atoms with Crippen molar-refractivity contribution in [3.05, 3.63) is 42.5 Å². The number of pyridine rings is 1. The summed E-state index contributed by atoms with van der Waals surface area (Å²) >= 11 is 0. The zero-order valence-electron chi connectivity index (χ0n) is 17.5. The minimum atomic E-state index is -3.49. The minimum absolute atomic E-state index is 0.108. The molecular formula is C22H28N2O5S. The molecule has 0 bridgehead atoms. The molecule has 30 heavy (non-hydrogen) atoms. The normalized spacial score (nSPS) is 19.5. The van der Waals surface area contributed by atoms with Crippen LogP contribution in [0.1, 0.15) is 40.0 Å². The van der Waals surface area contributed by atoms with Crippen molar-refractivity contribution >= 4 is 21.7 Å². The van der Waals surface area contributed by atoms with Gasteiger partial charge in [0.25, 0.3) is 0 Å². The molecular weight excluding hydrogens is 404 g/mol. The molecule has 0 spiro atoms. The van der Waals surface area contributed by atoms with Gasteiger partial charge in [-0.25, -0.2) is 18.2 Å². The molecule has 1 aliphatic rings. The lowest BCUT2D eigenvalue weighted by molar-refractivity contribution is 0.0635. The Morgan fingerprint density at radius 1 is 1.17 bits per heavy atom. The maximum absolute atomic E-state index is 13.0. The van der Waals surface area contributed by atoms with Crippen molar-refractivity contribution in [2.45, 2.75) is 55.8 Å². The molecule has 1 fully saturated rings. The van der Waals surface area contributed by atoms with E-state index in [0.29, 0.717) is 17.9 Å². The Labute approximate surface area is 177 Å². The summed E-state index contributed by atoms with van der Waals surface area (Å²) in [4.78, 5) is 16.6. The van der Waals surface area contributed by atoms with Gasteiger partial charge in [-0.1, -0.05) is 24.6 Å². The van der Waals surface area contributed by atoms with Crippen molar-refractivity contribution < 1.29 is 23.1 Å². The number of benzene rings is 1. The standard InChI is InChI=1S/C22H28N2O5S/c1-22(2,3)29-21(26)24-20-9-5-7-18(23-20)15-10-12-17(13-11-15)30(27,28)19-8-4-6-16(19)14-25/h5,7,9-13,16,19,25H,4,6,8,14H2,1-3H3,(H,23,24,26)/t16-,19?/m1/s1. The average Bonchev–Trinajstić information content (AvgIpc) is 3.16. The second-order valence-corrected chi connectivity index (χ2v) is 10.7. The third-order valence-corrected chi connectivity index (χ3v) is 7.43. The van der Waals surface area contributed by atoms with E-state index in [1.54, 1.807) is 63.2 Å². The number of nitrogens with one attached hydrogen (secondary N) is 1. The lowest BCUT2D eigenvalue weighted by Crippen LogP contribution is -2.27. The number of rotatable bonds is 5. The summed E-state index contributed by atoms with van der Waals surface area (Å²) in [5.74, 6) is 0.141. The zero-order valence-corrected chi connectivity index (χ0v) is 18.3. The van der Waals surface area contributed by atoms with Crippen LogP contribution in [0.4, 0.5) is 10.6 Å². The van der Waals surface area contributed by atoms with Gasteiger partial charge in [0.05, 0.1) is 15.8 Å². The fraction of sp³-hybridized carbons (Fsp3) is 0.455. The highest BCUT2D eigenvalue weighted by Crippen LogP contribution is 2.35. The number of carbonyl (C=O) groups excluding carboxylic acids is 1. The van der Waals surface area contributed by atoms with Gasteiger partial charge in [-0.15, -0.1) is 0 Å². The first-order chi connectivity index (χ1) is 14.1. The van der Waals surface area contributed by atoms with Gasteiger partial charge >= 0.3 is 6.09 Å². The number of amides is 1. The van der Waals surface area contributed by atoms with Crippen LogP contribution in [0.25, 0.3) is 11.3 Å². The van der Waals surface area contributed by atoms with Crippen molar-refractivity contribution in [2.75, 3.05) is 11.9 Å². The number of nitrogens with zero attached hydrogens (tertiary/aromatic N) is 1. The van der Waals surface area contributed by atoms with Crippen molar-refractivity contribution in [2.24, 2.45) is 5.92 Å². The van der Waals surface area contributed by atoms with Crippen molar-refractivity contribution in [3.63, 3.8) is 0 Å². The topological polar surface area (TPSA) is 106 Å². The van der Waals surface area contributed by atoms with Crippen LogP contribution >= 0.6 is 0 Å². The predicted molar refractivity (Wildman–Crippen MR) is 115 cm³/mol. The van der Waals surface area contributed by atoms with Gasteiger partial charge in [0.2, 0.25) is 0 Å². The molecule has 0 radical (unpaired) electrons. The van der Waals surface area contributed by atoms with E-state index in [1.165, 1.54) is 0 Å². The first kappa shape index (κ1) is 22.2. The molecule has 0 aliphatic heterocycles. The van der Waals surface area contributed by atoms with Crippen LogP contribution in [0.3, 0.4) is 0 Å². The molecule has 0 saturated heterocycles. The largest absolute Gasteiger partial charge is 0.444 e. The molecule has 8 heteroatoms. The molecule has 1 unspecified atom stereocenters. The first-order valence-electron chi connectivity index (χ1n) is 10.0. The second kappa shape index (κ2) is 8.73. The number of aromatic nitrogens is 1. The van der Waals surface area contributed by atoms with Crippen molar-refractivity contribution in [1.82, 2.24) is 4.98 Å².